The lowest BCUT2D eigenvalue weighted by Gasteiger charge is -2.21. The third-order valence-electron chi connectivity index (χ3n) is 11.4. The molecule has 2 nitrogen and oxygen atoms in total. The fraction of sp³-hybridized carbons (Fsp3) is 0.244. The molecule has 3 aliphatic carbocycles. The molecule has 1 N–H and O–H groups in total. The molecule has 0 radical (unpaired) electrons. The van der Waals surface area contributed by atoms with Crippen molar-refractivity contribution in [2.45, 2.75) is 58.0 Å². The van der Waals surface area contributed by atoms with Gasteiger partial charge >= 0.3 is 0 Å². The van der Waals surface area contributed by atoms with Crippen molar-refractivity contribution < 1.29 is 0 Å². The zero-order chi connectivity index (χ0) is 31.9. The Morgan fingerprint density at radius 2 is 1.55 bits per heavy atom. The molecule has 0 saturated heterocycles. The van der Waals surface area contributed by atoms with Crippen molar-refractivity contribution in [1.29, 1.82) is 0 Å². The predicted molar refractivity (Wildman–Crippen MR) is 198 cm³/mol. The molecule has 47 heavy (non-hydrogen) atoms. The van der Waals surface area contributed by atoms with Crippen LogP contribution >= 0.6 is 0 Å². The quantitative estimate of drug-likeness (QED) is 0.199. The molecule has 0 spiro atoms. The molecule has 9 rings (SSSR count). The Kier molecular flexibility index (Phi) is 6.49. The van der Waals surface area contributed by atoms with Crippen molar-refractivity contribution in [3.63, 3.8) is 0 Å². The molecular formula is C45H42N2. The molecule has 5 aromatic carbocycles. The highest BCUT2D eigenvalue weighted by Crippen LogP contribution is 2.52. The van der Waals surface area contributed by atoms with Gasteiger partial charge in [-0.15, -0.1) is 0 Å². The number of fused-ring (bicyclic) bond motifs is 6. The van der Waals surface area contributed by atoms with E-state index in [9.17, 15) is 0 Å². The van der Waals surface area contributed by atoms with Gasteiger partial charge in [0.05, 0.1) is 11.0 Å². The van der Waals surface area contributed by atoms with E-state index in [1.807, 2.05) is 0 Å². The Hall–Kier alpha value is -4.66. The predicted octanol–water partition coefficient (Wildman–Crippen LogP) is 11.0. The monoisotopic (exact) mass is 610 g/mol. The third kappa shape index (κ3) is 4.57. The van der Waals surface area contributed by atoms with Crippen LogP contribution in [0.5, 0.6) is 0 Å². The lowest BCUT2D eigenvalue weighted by molar-refractivity contribution is 0.648. The van der Waals surface area contributed by atoms with Gasteiger partial charge in [0.15, 0.2) is 0 Å². The van der Waals surface area contributed by atoms with E-state index >= 15 is 0 Å². The van der Waals surface area contributed by atoms with E-state index < -0.39 is 0 Å². The highest BCUT2D eigenvalue weighted by Gasteiger charge is 2.47. The number of nitrogens with one attached hydrogen (secondary N) is 1. The van der Waals surface area contributed by atoms with Gasteiger partial charge in [-0.1, -0.05) is 119 Å². The number of aromatic nitrogens is 1. The molecule has 0 amide bonds. The summed E-state index contributed by atoms with van der Waals surface area (Å²) < 4.78 is 2.53. The van der Waals surface area contributed by atoms with Crippen molar-refractivity contribution in [1.82, 2.24) is 9.88 Å². The Labute approximate surface area is 278 Å². The second-order valence-electron chi connectivity index (χ2n) is 14.8. The summed E-state index contributed by atoms with van der Waals surface area (Å²) in [7, 11) is 0. The highest BCUT2D eigenvalue weighted by molar-refractivity contribution is 6.12. The second-order valence-corrected chi connectivity index (χ2v) is 14.8. The minimum atomic E-state index is -0.0396. The van der Waals surface area contributed by atoms with Gasteiger partial charge in [-0.25, -0.2) is 0 Å². The molecule has 3 aliphatic rings. The first kappa shape index (κ1) is 28.6. The summed E-state index contributed by atoms with van der Waals surface area (Å²) in [6.07, 6.45) is 7.93. The molecule has 4 atom stereocenters. The van der Waals surface area contributed by atoms with E-state index in [1.165, 1.54) is 72.0 Å². The van der Waals surface area contributed by atoms with E-state index in [0.717, 1.165) is 13.0 Å². The maximum atomic E-state index is 3.85. The van der Waals surface area contributed by atoms with Gasteiger partial charge < -0.3 is 9.88 Å². The van der Waals surface area contributed by atoms with Crippen LogP contribution in [0.2, 0.25) is 0 Å². The van der Waals surface area contributed by atoms with Crippen LogP contribution in [0.3, 0.4) is 0 Å². The van der Waals surface area contributed by atoms with Gasteiger partial charge in [-0.3, -0.25) is 0 Å². The summed E-state index contributed by atoms with van der Waals surface area (Å²) in [4.78, 5) is 0. The van der Waals surface area contributed by atoms with Gasteiger partial charge in [0.1, 0.15) is 0 Å². The summed E-state index contributed by atoms with van der Waals surface area (Å²) in [5, 5.41) is 6.53. The smallest absolute Gasteiger partial charge is 0.0547 e. The maximum Gasteiger partial charge on any atom is 0.0547 e. The van der Waals surface area contributed by atoms with Crippen molar-refractivity contribution in [3.05, 3.63) is 155 Å². The lowest BCUT2D eigenvalue weighted by atomic mass is 9.82. The van der Waals surface area contributed by atoms with Gasteiger partial charge in [0.2, 0.25) is 0 Å². The first-order valence-electron chi connectivity index (χ1n) is 17.4. The standard InChI is InChI=1S/C45H42N2/c1-28-12-10-15-31(22-28)32-20-21-41-37(24-32)38-25-40-36(35-18-8-9-19-39(35)45(40,3)4)26-42(38)47(41)34-17-11-16-33(23-34)43-29(2)44(43)46-27-30-13-6-5-7-14-30/h5-21,23-26,28-29,43-44,46H,22,27H2,1-4H3/t28?,29-,43?,44?/m0/s1. The van der Waals surface area contributed by atoms with Gasteiger partial charge in [0, 0.05) is 40.4 Å². The molecule has 3 unspecified atom stereocenters. The Morgan fingerprint density at radius 3 is 2.40 bits per heavy atom. The number of allylic oxidation sites excluding steroid dienone is 4. The van der Waals surface area contributed by atoms with Crippen LogP contribution in [0.1, 0.15) is 67.9 Å². The van der Waals surface area contributed by atoms with Crippen molar-refractivity contribution in [2.75, 3.05) is 0 Å². The maximum absolute atomic E-state index is 3.85. The van der Waals surface area contributed by atoms with E-state index in [1.54, 1.807) is 0 Å². The van der Waals surface area contributed by atoms with E-state index in [2.05, 4.69) is 165 Å². The molecule has 2 heteroatoms. The van der Waals surface area contributed by atoms with E-state index in [4.69, 9.17) is 0 Å². The molecule has 1 heterocycles. The van der Waals surface area contributed by atoms with Crippen LogP contribution in [0.25, 0.3) is 44.2 Å². The number of rotatable bonds is 6. The van der Waals surface area contributed by atoms with E-state index in [-0.39, 0.29) is 5.41 Å². The summed E-state index contributed by atoms with van der Waals surface area (Å²) in [5.74, 6) is 1.69. The van der Waals surface area contributed by atoms with Gasteiger partial charge in [-0.05, 0) is 99.2 Å². The second kappa shape index (κ2) is 10.7. The highest BCUT2D eigenvalue weighted by atomic mass is 15.0. The van der Waals surface area contributed by atoms with Crippen LogP contribution in [0, 0.1) is 11.8 Å². The minimum absolute atomic E-state index is 0.0396. The Balaban J connectivity index is 1.19. The van der Waals surface area contributed by atoms with Gasteiger partial charge in [-0.2, -0.15) is 0 Å². The number of hydrogen-bond donors (Lipinski definition) is 1. The van der Waals surface area contributed by atoms with Crippen LogP contribution < -0.4 is 5.32 Å². The van der Waals surface area contributed by atoms with Crippen LogP contribution in [0.15, 0.2) is 127 Å². The van der Waals surface area contributed by atoms with Gasteiger partial charge in [0.25, 0.3) is 0 Å². The molecule has 0 aliphatic heterocycles. The minimum Gasteiger partial charge on any atom is -0.309 e. The number of nitrogens with zero attached hydrogens (tertiary/aromatic N) is 1. The largest absolute Gasteiger partial charge is 0.309 e. The summed E-state index contributed by atoms with van der Waals surface area (Å²) in [6, 6.07) is 41.8. The van der Waals surface area contributed by atoms with Crippen molar-refractivity contribution in [3.8, 4) is 16.8 Å². The first-order valence-corrected chi connectivity index (χ1v) is 17.4. The van der Waals surface area contributed by atoms with Crippen LogP contribution in [-0.2, 0) is 12.0 Å². The van der Waals surface area contributed by atoms with E-state index in [0.29, 0.717) is 23.8 Å². The molecule has 1 saturated carbocycles. The van der Waals surface area contributed by atoms with Crippen LogP contribution in [0.4, 0.5) is 0 Å². The average Bonchev–Trinajstić information content (AvgIpc) is 3.55. The first-order chi connectivity index (χ1) is 22.9. The fourth-order valence-electron chi connectivity index (χ4n) is 8.74. The van der Waals surface area contributed by atoms with Crippen LogP contribution in [-0.4, -0.2) is 10.6 Å². The lowest BCUT2D eigenvalue weighted by Crippen LogP contribution is -2.18. The number of benzene rings is 5. The average molecular weight is 611 g/mol. The molecular weight excluding hydrogens is 569 g/mol. The third-order valence-corrected chi connectivity index (χ3v) is 11.4. The molecule has 1 fully saturated rings. The van der Waals surface area contributed by atoms with Crippen molar-refractivity contribution in [2.24, 2.45) is 11.8 Å². The topological polar surface area (TPSA) is 17.0 Å². The normalized spacial score (nSPS) is 22.3. The zero-order valence-electron chi connectivity index (χ0n) is 27.8. The molecule has 232 valence electrons. The summed E-state index contributed by atoms with van der Waals surface area (Å²) >= 11 is 0. The molecule has 0 bridgehead atoms. The SMILES string of the molecule is CC1C=CC=C(c2ccc3c(c2)c2cc4c(cc2n3-c2cccc(C3C(NCc5ccccc5)[C@H]3C)c2)-c2ccccc2C4(C)C)C1. The number of hydrogen-bond acceptors (Lipinski definition) is 1. The Morgan fingerprint density at radius 1 is 0.745 bits per heavy atom. The molecule has 1 aromatic heterocycles. The molecule has 6 aromatic rings. The van der Waals surface area contributed by atoms with Crippen molar-refractivity contribution >= 4 is 27.4 Å². The summed E-state index contributed by atoms with van der Waals surface area (Å²) in [6.45, 7) is 10.4. The Bertz CT molecular complexity index is 2250. The zero-order valence-corrected chi connectivity index (χ0v) is 27.8. The summed E-state index contributed by atoms with van der Waals surface area (Å²) in [5.41, 5.74) is 14.9. The fourth-order valence-corrected chi connectivity index (χ4v) is 8.74.